The van der Waals surface area contributed by atoms with Gasteiger partial charge < -0.3 is 15.4 Å². The summed E-state index contributed by atoms with van der Waals surface area (Å²) in [5, 5.41) is 5.64. The summed E-state index contributed by atoms with van der Waals surface area (Å²) in [7, 11) is 1.77. The Bertz CT molecular complexity index is 433. The van der Waals surface area contributed by atoms with Gasteiger partial charge in [-0.15, -0.1) is 0 Å². The van der Waals surface area contributed by atoms with E-state index in [0.29, 0.717) is 25.1 Å². The van der Waals surface area contributed by atoms with Gasteiger partial charge in [0.05, 0.1) is 6.61 Å². The van der Waals surface area contributed by atoms with E-state index in [2.05, 4.69) is 15.4 Å². The van der Waals surface area contributed by atoms with Crippen molar-refractivity contribution in [3.63, 3.8) is 0 Å². The summed E-state index contributed by atoms with van der Waals surface area (Å²) >= 11 is 0. The summed E-state index contributed by atoms with van der Waals surface area (Å²) in [5.41, 5.74) is 1.54. The van der Waals surface area contributed by atoms with Gasteiger partial charge in [-0.2, -0.15) is 13.2 Å². The first-order chi connectivity index (χ1) is 9.90. The zero-order chi connectivity index (χ0) is 15.7. The Morgan fingerprint density at radius 3 is 2.38 bits per heavy atom. The largest absolute Gasteiger partial charge is 0.411 e. The fourth-order valence-corrected chi connectivity index (χ4v) is 1.57. The van der Waals surface area contributed by atoms with Crippen LogP contribution in [0.15, 0.2) is 24.3 Å². The van der Waals surface area contributed by atoms with Crippen molar-refractivity contribution in [2.24, 2.45) is 0 Å². The number of rotatable bonds is 8. The summed E-state index contributed by atoms with van der Waals surface area (Å²) in [4.78, 5) is 11.4. The molecule has 0 heterocycles. The lowest BCUT2D eigenvalue weighted by molar-refractivity contribution is -0.176. The Balaban J connectivity index is 2.31. The topological polar surface area (TPSA) is 50.4 Å². The average molecular weight is 304 g/mol. The van der Waals surface area contributed by atoms with Crippen LogP contribution < -0.4 is 10.6 Å². The van der Waals surface area contributed by atoms with Crippen LogP contribution in [-0.4, -0.2) is 32.3 Å². The molecule has 1 rings (SSSR count). The second-order valence-corrected chi connectivity index (χ2v) is 4.55. The van der Waals surface area contributed by atoms with Gasteiger partial charge in [0.15, 0.2) is 0 Å². The van der Waals surface area contributed by atoms with Gasteiger partial charge in [0.1, 0.15) is 6.61 Å². The van der Waals surface area contributed by atoms with Crippen LogP contribution in [0, 0.1) is 0 Å². The molecule has 0 aliphatic heterocycles. The Kier molecular flexibility index (Phi) is 7.18. The number of carbonyl (C=O) groups is 1. The van der Waals surface area contributed by atoms with Crippen molar-refractivity contribution in [2.75, 3.05) is 20.2 Å². The Labute approximate surface area is 121 Å². The molecule has 1 aromatic carbocycles. The quantitative estimate of drug-likeness (QED) is 0.772. The Hall–Kier alpha value is -1.60. The molecule has 0 atom stereocenters. The molecule has 118 valence electrons. The van der Waals surface area contributed by atoms with Crippen LogP contribution in [0.3, 0.4) is 0 Å². The van der Waals surface area contributed by atoms with Crippen LogP contribution >= 0.6 is 0 Å². The van der Waals surface area contributed by atoms with Crippen LogP contribution in [0.5, 0.6) is 0 Å². The van der Waals surface area contributed by atoms with Gasteiger partial charge in [-0.3, -0.25) is 4.79 Å². The lowest BCUT2D eigenvalue weighted by Gasteiger charge is -2.09. The minimum Gasteiger partial charge on any atom is -0.367 e. The highest BCUT2D eigenvalue weighted by molar-refractivity contribution is 5.76. The molecule has 1 aromatic rings. The molecule has 7 heteroatoms. The minimum absolute atomic E-state index is 0.0538. The molecule has 1 amide bonds. The van der Waals surface area contributed by atoms with E-state index in [1.165, 1.54) is 0 Å². The van der Waals surface area contributed by atoms with Gasteiger partial charge in [-0.05, 0) is 18.2 Å². The smallest absolute Gasteiger partial charge is 0.367 e. The molecule has 0 bridgehead atoms. The zero-order valence-corrected chi connectivity index (χ0v) is 11.8. The van der Waals surface area contributed by atoms with E-state index in [1.54, 1.807) is 31.3 Å². The van der Waals surface area contributed by atoms with Crippen molar-refractivity contribution < 1.29 is 22.7 Å². The maximum atomic E-state index is 11.9. The van der Waals surface area contributed by atoms with Gasteiger partial charge in [0, 0.05) is 19.5 Å². The molecule has 2 N–H and O–H groups in total. The molecule has 0 saturated carbocycles. The monoisotopic (exact) mass is 304 g/mol. The summed E-state index contributed by atoms with van der Waals surface area (Å²) in [5.74, 6) is -0.0538. The van der Waals surface area contributed by atoms with Gasteiger partial charge in [0.2, 0.25) is 5.91 Å². The lowest BCUT2D eigenvalue weighted by atomic mass is 10.1. The van der Waals surface area contributed by atoms with E-state index in [4.69, 9.17) is 0 Å². The molecule has 0 aliphatic rings. The molecule has 21 heavy (non-hydrogen) atoms. The van der Waals surface area contributed by atoms with Crippen molar-refractivity contribution in [3.8, 4) is 0 Å². The van der Waals surface area contributed by atoms with Gasteiger partial charge >= 0.3 is 6.18 Å². The summed E-state index contributed by atoms with van der Waals surface area (Å²) < 4.78 is 40.3. The van der Waals surface area contributed by atoms with Gasteiger partial charge in [-0.1, -0.05) is 24.3 Å². The number of hydrogen-bond donors (Lipinski definition) is 2. The van der Waals surface area contributed by atoms with Crippen LogP contribution in [0.25, 0.3) is 0 Å². The van der Waals surface area contributed by atoms with Gasteiger partial charge in [0.25, 0.3) is 0 Å². The highest BCUT2D eigenvalue weighted by Gasteiger charge is 2.27. The molecular weight excluding hydrogens is 285 g/mol. The number of nitrogens with one attached hydrogen (secondary N) is 2. The highest BCUT2D eigenvalue weighted by Crippen LogP contribution is 2.15. The lowest BCUT2D eigenvalue weighted by Crippen LogP contribution is -2.26. The van der Waals surface area contributed by atoms with Crippen LogP contribution in [-0.2, 0) is 22.7 Å². The van der Waals surface area contributed by atoms with E-state index >= 15 is 0 Å². The normalized spacial score (nSPS) is 11.4. The number of halogens is 3. The van der Waals surface area contributed by atoms with Crippen molar-refractivity contribution in [2.45, 2.75) is 25.7 Å². The third-order valence-corrected chi connectivity index (χ3v) is 2.65. The minimum atomic E-state index is -4.31. The molecule has 0 spiro atoms. The number of carbonyl (C=O) groups excluding carboxylic acids is 1. The van der Waals surface area contributed by atoms with Crippen molar-refractivity contribution in [1.82, 2.24) is 10.6 Å². The summed E-state index contributed by atoms with van der Waals surface area (Å²) in [6.07, 6.45) is -3.91. The number of hydrogen-bond acceptors (Lipinski definition) is 3. The predicted molar refractivity (Wildman–Crippen MR) is 72.5 cm³/mol. The van der Waals surface area contributed by atoms with E-state index in [1.807, 2.05) is 0 Å². The van der Waals surface area contributed by atoms with E-state index in [0.717, 1.165) is 5.56 Å². The first-order valence-corrected chi connectivity index (χ1v) is 6.54. The van der Waals surface area contributed by atoms with Crippen LogP contribution in [0.2, 0.25) is 0 Å². The Morgan fingerprint density at radius 1 is 1.19 bits per heavy atom. The van der Waals surface area contributed by atoms with Crippen molar-refractivity contribution in [3.05, 3.63) is 35.4 Å². The van der Waals surface area contributed by atoms with E-state index < -0.39 is 12.8 Å². The molecule has 0 unspecified atom stereocenters. The highest BCUT2D eigenvalue weighted by atomic mass is 19.4. The maximum absolute atomic E-state index is 11.9. The second kappa shape index (κ2) is 8.63. The van der Waals surface area contributed by atoms with Crippen molar-refractivity contribution in [1.29, 1.82) is 0 Å². The van der Waals surface area contributed by atoms with E-state index in [-0.39, 0.29) is 12.5 Å². The third-order valence-electron chi connectivity index (χ3n) is 2.65. The molecule has 0 fully saturated rings. The molecule has 0 saturated heterocycles. The number of benzene rings is 1. The number of alkyl halides is 3. The fraction of sp³-hybridized carbons (Fsp3) is 0.500. The molecule has 4 nitrogen and oxygen atoms in total. The first-order valence-electron chi connectivity index (χ1n) is 6.54. The van der Waals surface area contributed by atoms with Crippen LogP contribution in [0.1, 0.15) is 17.5 Å². The summed E-state index contributed by atoms with van der Waals surface area (Å²) in [6.45, 7) is -0.335. The number of ether oxygens (including phenoxy) is 1. The average Bonchev–Trinajstić information content (AvgIpc) is 2.43. The van der Waals surface area contributed by atoms with E-state index in [9.17, 15) is 18.0 Å². The molecule has 0 radical (unpaired) electrons. The molecule has 0 aliphatic carbocycles. The SMILES string of the molecule is CNCCC(=O)NCc1ccc(COCC(F)(F)F)cc1. The van der Waals surface area contributed by atoms with Gasteiger partial charge in [-0.25, -0.2) is 0 Å². The van der Waals surface area contributed by atoms with Crippen molar-refractivity contribution >= 4 is 5.91 Å². The summed E-state index contributed by atoms with van der Waals surface area (Å²) in [6, 6.07) is 6.88. The van der Waals surface area contributed by atoms with Crippen LogP contribution in [0.4, 0.5) is 13.2 Å². The molecular formula is C14H19F3N2O2. The Morgan fingerprint density at radius 2 is 1.81 bits per heavy atom. The zero-order valence-electron chi connectivity index (χ0n) is 11.8. The first kappa shape index (κ1) is 17.5. The predicted octanol–water partition coefficient (Wildman–Crippen LogP) is 1.99. The second-order valence-electron chi connectivity index (χ2n) is 4.55. The molecule has 0 aromatic heterocycles. The fourth-order valence-electron chi connectivity index (χ4n) is 1.57. The maximum Gasteiger partial charge on any atom is 0.411 e. The standard InChI is InChI=1S/C14H19F3N2O2/c1-18-7-6-13(20)19-8-11-2-4-12(5-3-11)9-21-10-14(15,16)17/h2-5,18H,6-10H2,1H3,(H,19,20). The third kappa shape index (κ3) is 8.31. The number of amides is 1.